The number of methoxy groups -OCH3 is 3. The number of benzene rings is 2. The maximum atomic E-state index is 6.00. The van der Waals surface area contributed by atoms with E-state index in [0.29, 0.717) is 29.9 Å². The van der Waals surface area contributed by atoms with Gasteiger partial charge in [0, 0.05) is 18.3 Å². The highest BCUT2D eigenvalue weighted by molar-refractivity contribution is 5.92. The molecule has 0 amide bonds. The monoisotopic (exact) mass is 357 g/mol. The first-order valence-electron chi connectivity index (χ1n) is 8.47. The zero-order valence-corrected chi connectivity index (χ0v) is 15.8. The quantitative estimate of drug-likeness (QED) is 0.560. The van der Waals surface area contributed by atoms with Crippen molar-refractivity contribution < 1.29 is 14.2 Å². The number of aliphatic imine (C=N–C) groups is 1. The Labute approximate surface area is 155 Å². The second-order valence-electron chi connectivity index (χ2n) is 6.08. The van der Waals surface area contributed by atoms with Crippen molar-refractivity contribution in [1.29, 1.82) is 0 Å². The Morgan fingerprint density at radius 3 is 2.31 bits per heavy atom. The largest absolute Gasteiger partial charge is 0.497 e. The van der Waals surface area contributed by atoms with Gasteiger partial charge in [0.25, 0.3) is 0 Å². The van der Waals surface area contributed by atoms with Gasteiger partial charge in [0.15, 0.2) is 17.5 Å². The van der Waals surface area contributed by atoms with Crippen LogP contribution in [0.1, 0.15) is 12.5 Å². The maximum absolute atomic E-state index is 6.00. The van der Waals surface area contributed by atoms with E-state index in [1.807, 2.05) is 30.3 Å². The molecule has 3 N–H and O–H groups in total. The average molecular weight is 357 g/mol. The predicted molar refractivity (Wildman–Crippen MR) is 106 cm³/mol. The summed E-state index contributed by atoms with van der Waals surface area (Å²) in [5.74, 6) is 2.91. The van der Waals surface area contributed by atoms with Crippen molar-refractivity contribution in [1.82, 2.24) is 0 Å². The van der Waals surface area contributed by atoms with E-state index in [2.05, 4.69) is 29.4 Å². The zero-order valence-electron chi connectivity index (χ0n) is 15.8. The Morgan fingerprint density at radius 1 is 1.00 bits per heavy atom. The molecular formula is C20H27N3O3. The van der Waals surface area contributed by atoms with E-state index in [-0.39, 0.29) is 0 Å². The molecule has 1 unspecified atom stereocenters. The average Bonchev–Trinajstić information content (AvgIpc) is 2.67. The third-order valence-corrected chi connectivity index (χ3v) is 3.97. The summed E-state index contributed by atoms with van der Waals surface area (Å²) in [7, 11) is 4.87. The molecule has 2 rings (SSSR count). The number of hydrogen-bond acceptors (Lipinski definition) is 4. The van der Waals surface area contributed by atoms with Gasteiger partial charge in [-0.25, -0.2) is 0 Å². The fourth-order valence-corrected chi connectivity index (χ4v) is 2.58. The smallest absolute Gasteiger partial charge is 0.193 e. The number of nitrogens with one attached hydrogen (secondary N) is 1. The third-order valence-electron chi connectivity index (χ3n) is 3.97. The van der Waals surface area contributed by atoms with E-state index in [4.69, 9.17) is 19.9 Å². The van der Waals surface area contributed by atoms with Gasteiger partial charge in [-0.1, -0.05) is 19.1 Å². The summed E-state index contributed by atoms with van der Waals surface area (Å²) in [4.78, 5) is 4.43. The summed E-state index contributed by atoms with van der Waals surface area (Å²) in [6.45, 7) is 2.79. The summed E-state index contributed by atoms with van der Waals surface area (Å²) < 4.78 is 15.7. The number of ether oxygens (including phenoxy) is 3. The summed E-state index contributed by atoms with van der Waals surface area (Å²) in [6.07, 6.45) is 0.928. The van der Waals surface area contributed by atoms with Crippen LogP contribution in [0.25, 0.3) is 0 Å². The first kappa shape index (κ1) is 19.4. The molecule has 140 valence electrons. The van der Waals surface area contributed by atoms with Crippen LogP contribution in [0.3, 0.4) is 0 Å². The van der Waals surface area contributed by atoms with Gasteiger partial charge in [-0.15, -0.1) is 0 Å². The van der Waals surface area contributed by atoms with Crippen molar-refractivity contribution in [2.45, 2.75) is 13.3 Å². The lowest BCUT2D eigenvalue weighted by molar-refractivity contribution is 0.355. The van der Waals surface area contributed by atoms with E-state index in [0.717, 1.165) is 17.9 Å². The lowest BCUT2D eigenvalue weighted by Gasteiger charge is -2.12. The highest BCUT2D eigenvalue weighted by atomic mass is 16.5. The van der Waals surface area contributed by atoms with Gasteiger partial charge in [-0.2, -0.15) is 0 Å². The lowest BCUT2D eigenvalue weighted by Crippen LogP contribution is -2.23. The van der Waals surface area contributed by atoms with Gasteiger partial charge in [0.1, 0.15) is 5.75 Å². The predicted octanol–water partition coefficient (Wildman–Crippen LogP) is 3.32. The minimum absolute atomic E-state index is 0.370. The van der Waals surface area contributed by atoms with Crippen molar-refractivity contribution >= 4 is 11.6 Å². The topological polar surface area (TPSA) is 78.1 Å². The Bertz CT molecular complexity index is 730. The van der Waals surface area contributed by atoms with Crippen LogP contribution >= 0.6 is 0 Å². The van der Waals surface area contributed by atoms with Gasteiger partial charge < -0.3 is 25.3 Å². The summed E-state index contributed by atoms with van der Waals surface area (Å²) >= 11 is 0. The van der Waals surface area contributed by atoms with Crippen LogP contribution in [0.15, 0.2) is 47.5 Å². The Morgan fingerprint density at radius 2 is 1.69 bits per heavy atom. The molecule has 0 spiro atoms. The number of guanidine groups is 1. The molecule has 6 nitrogen and oxygen atoms in total. The number of hydrogen-bond donors (Lipinski definition) is 2. The number of nitrogens with two attached hydrogens (primary N) is 1. The molecule has 0 bridgehead atoms. The lowest BCUT2D eigenvalue weighted by atomic mass is 10.0. The number of nitrogens with zero attached hydrogens (tertiary/aromatic N) is 1. The molecule has 2 aromatic rings. The van der Waals surface area contributed by atoms with Gasteiger partial charge in [0.05, 0.1) is 21.3 Å². The van der Waals surface area contributed by atoms with Crippen molar-refractivity contribution in [3.8, 4) is 17.2 Å². The summed E-state index contributed by atoms with van der Waals surface area (Å²) in [5.41, 5.74) is 8.05. The Kier molecular flexibility index (Phi) is 7.14. The molecule has 0 heterocycles. The molecule has 26 heavy (non-hydrogen) atoms. The molecule has 0 radical (unpaired) electrons. The summed E-state index contributed by atoms with van der Waals surface area (Å²) in [6, 6.07) is 13.6. The van der Waals surface area contributed by atoms with Gasteiger partial charge in [-0.3, -0.25) is 4.99 Å². The minimum Gasteiger partial charge on any atom is -0.497 e. The van der Waals surface area contributed by atoms with Gasteiger partial charge >= 0.3 is 0 Å². The fraction of sp³-hybridized carbons (Fsp3) is 0.350. The second kappa shape index (κ2) is 9.56. The third kappa shape index (κ3) is 5.58. The van der Waals surface area contributed by atoms with Crippen molar-refractivity contribution in [3.63, 3.8) is 0 Å². The van der Waals surface area contributed by atoms with E-state index < -0.39 is 0 Å². The standard InChI is InChI=1S/C20H27N3O3/c1-14(11-15-5-8-17(24-2)9-6-15)13-22-20(21)23-16-7-10-18(25-3)19(12-16)26-4/h5-10,12,14H,11,13H2,1-4H3,(H3,21,22,23). The molecule has 1 atom stereocenters. The molecular weight excluding hydrogens is 330 g/mol. The summed E-state index contributed by atoms with van der Waals surface area (Å²) in [5, 5.41) is 3.08. The van der Waals surface area contributed by atoms with Crippen LogP contribution in [0.5, 0.6) is 17.2 Å². The molecule has 0 aliphatic rings. The first-order valence-corrected chi connectivity index (χ1v) is 8.47. The molecule has 2 aromatic carbocycles. The first-order chi connectivity index (χ1) is 12.5. The van der Waals surface area contributed by atoms with E-state index in [1.54, 1.807) is 21.3 Å². The Balaban J connectivity index is 1.90. The molecule has 6 heteroatoms. The SMILES string of the molecule is COc1ccc(CC(C)CN=C(N)Nc2ccc(OC)c(OC)c2)cc1. The molecule has 0 saturated heterocycles. The minimum atomic E-state index is 0.370. The van der Waals surface area contributed by atoms with Crippen LogP contribution < -0.4 is 25.3 Å². The van der Waals surface area contributed by atoms with Crippen LogP contribution in [0, 0.1) is 5.92 Å². The Hall–Kier alpha value is -2.89. The van der Waals surface area contributed by atoms with Crippen LogP contribution in [-0.2, 0) is 6.42 Å². The zero-order chi connectivity index (χ0) is 18.9. The van der Waals surface area contributed by atoms with Crippen LogP contribution in [0.4, 0.5) is 5.69 Å². The van der Waals surface area contributed by atoms with Crippen molar-refractivity contribution in [2.24, 2.45) is 16.6 Å². The highest BCUT2D eigenvalue weighted by Crippen LogP contribution is 2.29. The van der Waals surface area contributed by atoms with Gasteiger partial charge in [-0.05, 0) is 42.2 Å². The van der Waals surface area contributed by atoms with Crippen molar-refractivity contribution in [3.05, 3.63) is 48.0 Å². The van der Waals surface area contributed by atoms with E-state index in [1.165, 1.54) is 5.56 Å². The number of rotatable bonds is 8. The molecule has 0 aromatic heterocycles. The fourth-order valence-electron chi connectivity index (χ4n) is 2.58. The molecule has 0 fully saturated rings. The van der Waals surface area contributed by atoms with E-state index in [9.17, 15) is 0 Å². The maximum Gasteiger partial charge on any atom is 0.193 e. The van der Waals surface area contributed by atoms with Crippen LogP contribution in [0.2, 0.25) is 0 Å². The second-order valence-corrected chi connectivity index (χ2v) is 6.08. The highest BCUT2D eigenvalue weighted by Gasteiger charge is 2.07. The molecule has 0 saturated carbocycles. The molecule has 0 aliphatic carbocycles. The van der Waals surface area contributed by atoms with Crippen molar-refractivity contribution in [2.75, 3.05) is 33.2 Å². The molecule has 0 aliphatic heterocycles. The number of anilines is 1. The normalized spacial score (nSPS) is 12.4. The van der Waals surface area contributed by atoms with Gasteiger partial charge in [0.2, 0.25) is 0 Å². The van der Waals surface area contributed by atoms with Crippen LogP contribution in [-0.4, -0.2) is 33.8 Å². The van der Waals surface area contributed by atoms with E-state index >= 15 is 0 Å².